The monoisotopic (exact) mass is 251 g/mol. The number of Topliss-reactive ketones (excluding diaryl/α,β-unsaturated/α-hetero) is 1. The molecule has 0 saturated carbocycles. The van der Waals surface area contributed by atoms with Gasteiger partial charge in [-0.05, 0) is 0 Å². The average molecular weight is 251 g/mol. The minimum Gasteiger partial charge on any atom is -0.341 e. The van der Waals surface area contributed by atoms with E-state index in [2.05, 4.69) is 9.97 Å². The van der Waals surface area contributed by atoms with E-state index in [4.69, 9.17) is 0 Å². The van der Waals surface area contributed by atoms with E-state index in [1.165, 1.54) is 11.8 Å². The van der Waals surface area contributed by atoms with E-state index in [0.29, 0.717) is 31.7 Å². The van der Waals surface area contributed by atoms with Crippen molar-refractivity contribution in [2.24, 2.45) is 0 Å². The second-order valence-electron chi connectivity index (χ2n) is 3.75. The van der Waals surface area contributed by atoms with Gasteiger partial charge >= 0.3 is 0 Å². The first-order valence-electron chi connectivity index (χ1n) is 5.44. The Kier molecular flexibility index (Phi) is 4.08. The van der Waals surface area contributed by atoms with Gasteiger partial charge in [-0.25, -0.2) is 4.98 Å². The fraction of sp³-hybridized carbons (Fsp3) is 0.455. The van der Waals surface area contributed by atoms with E-state index in [-0.39, 0.29) is 11.7 Å². The molecule has 0 bridgehead atoms. The van der Waals surface area contributed by atoms with Crippen LogP contribution in [-0.4, -0.2) is 45.4 Å². The van der Waals surface area contributed by atoms with Gasteiger partial charge in [0.05, 0.1) is 11.9 Å². The van der Waals surface area contributed by atoms with Crippen LogP contribution in [0.4, 0.5) is 0 Å². The van der Waals surface area contributed by atoms with Gasteiger partial charge in [-0.3, -0.25) is 14.6 Å². The Morgan fingerprint density at radius 3 is 2.76 bits per heavy atom. The van der Waals surface area contributed by atoms with E-state index >= 15 is 0 Å². The summed E-state index contributed by atoms with van der Waals surface area (Å²) < 4.78 is 0. The van der Waals surface area contributed by atoms with Gasteiger partial charge in [-0.15, -0.1) is 0 Å². The van der Waals surface area contributed by atoms with Gasteiger partial charge in [0, 0.05) is 38.3 Å². The summed E-state index contributed by atoms with van der Waals surface area (Å²) in [6.07, 6.45) is 5.81. The van der Waals surface area contributed by atoms with Crippen LogP contribution in [0.3, 0.4) is 0 Å². The van der Waals surface area contributed by atoms with Gasteiger partial charge in [0.1, 0.15) is 10.8 Å². The second kappa shape index (κ2) is 5.77. The number of amides is 1. The molecular formula is C11H13N3O2S. The highest BCUT2D eigenvalue weighted by molar-refractivity contribution is 7.99. The van der Waals surface area contributed by atoms with Crippen LogP contribution < -0.4 is 0 Å². The minimum absolute atomic E-state index is 0.0631. The van der Waals surface area contributed by atoms with E-state index in [0.717, 1.165) is 5.03 Å². The maximum Gasteiger partial charge on any atom is 0.233 e. The van der Waals surface area contributed by atoms with Gasteiger partial charge in [-0.2, -0.15) is 0 Å². The molecule has 90 valence electrons. The summed E-state index contributed by atoms with van der Waals surface area (Å²) in [5.74, 6) is 0.663. The fourth-order valence-electron chi connectivity index (χ4n) is 1.59. The predicted molar refractivity (Wildman–Crippen MR) is 63.6 cm³/mol. The highest BCUT2D eigenvalue weighted by atomic mass is 32.2. The molecule has 5 nitrogen and oxygen atoms in total. The summed E-state index contributed by atoms with van der Waals surface area (Å²) in [5.41, 5.74) is 0. The number of rotatable bonds is 3. The highest BCUT2D eigenvalue weighted by Crippen LogP contribution is 2.15. The summed E-state index contributed by atoms with van der Waals surface area (Å²) in [7, 11) is 0. The van der Waals surface area contributed by atoms with Crippen LogP contribution in [0.5, 0.6) is 0 Å². The van der Waals surface area contributed by atoms with Crippen molar-refractivity contribution in [3.8, 4) is 0 Å². The lowest BCUT2D eigenvalue weighted by molar-refractivity contribution is -0.132. The van der Waals surface area contributed by atoms with Crippen molar-refractivity contribution in [3.63, 3.8) is 0 Å². The van der Waals surface area contributed by atoms with E-state index in [1.807, 2.05) is 0 Å². The number of piperidine rings is 1. The zero-order valence-corrected chi connectivity index (χ0v) is 10.2. The Morgan fingerprint density at radius 2 is 2.12 bits per heavy atom. The average Bonchev–Trinajstić information content (AvgIpc) is 2.38. The number of hydrogen-bond donors (Lipinski definition) is 0. The molecule has 0 atom stereocenters. The molecule has 2 rings (SSSR count). The van der Waals surface area contributed by atoms with Crippen LogP contribution in [0, 0.1) is 0 Å². The molecule has 0 aliphatic carbocycles. The Balaban J connectivity index is 1.80. The van der Waals surface area contributed by atoms with Crippen molar-refractivity contribution in [3.05, 3.63) is 18.6 Å². The molecule has 6 heteroatoms. The van der Waals surface area contributed by atoms with Crippen molar-refractivity contribution in [2.75, 3.05) is 18.8 Å². The van der Waals surface area contributed by atoms with Crippen LogP contribution in [0.15, 0.2) is 23.6 Å². The van der Waals surface area contributed by atoms with Crippen molar-refractivity contribution in [2.45, 2.75) is 17.9 Å². The Bertz CT molecular complexity index is 400. The third-order valence-corrected chi connectivity index (χ3v) is 3.45. The molecule has 2 heterocycles. The quantitative estimate of drug-likeness (QED) is 0.742. The largest absolute Gasteiger partial charge is 0.341 e. The molecule has 1 aliphatic heterocycles. The van der Waals surface area contributed by atoms with Crippen molar-refractivity contribution >= 4 is 23.5 Å². The molecule has 17 heavy (non-hydrogen) atoms. The molecule has 0 N–H and O–H groups in total. The number of carbonyl (C=O) groups excluding carboxylic acids is 2. The molecule has 0 aromatic carbocycles. The number of thioether (sulfide) groups is 1. The molecule has 1 aliphatic rings. The molecular weight excluding hydrogens is 238 g/mol. The molecule has 0 radical (unpaired) electrons. The lowest BCUT2D eigenvalue weighted by Gasteiger charge is -2.25. The fourth-order valence-corrected chi connectivity index (χ4v) is 2.32. The topological polar surface area (TPSA) is 63.2 Å². The van der Waals surface area contributed by atoms with Crippen LogP contribution in [0.25, 0.3) is 0 Å². The van der Waals surface area contributed by atoms with Crippen LogP contribution in [0.2, 0.25) is 0 Å². The van der Waals surface area contributed by atoms with Gasteiger partial charge < -0.3 is 4.90 Å². The number of hydrogen-bond acceptors (Lipinski definition) is 5. The molecule has 1 saturated heterocycles. The Hall–Kier alpha value is -1.43. The summed E-state index contributed by atoms with van der Waals surface area (Å²) in [6.45, 7) is 1.11. The van der Waals surface area contributed by atoms with Crippen molar-refractivity contribution in [1.82, 2.24) is 14.9 Å². The molecule has 0 unspecified atom stereocenters. The normalized spacial score (nSPS) is 16.0. The van der Waals surface area contributed by atoms with E-state index < -0.39 is 0 Å². The lowest BCUT2D eigenvalue weighted by atomic mass is 10.1. The Labute approximate surface area is 104 Å². The predicted octanol–water partition coefficient (Wildman–Crippen LogP) is 0.760. The van der Waals surface area contributed by atoms with Gasteiger partial charge in [0.15, 0.2) is 0 Å². The third-order valence-electron chi connectivity index (χ3n) is 2.56. The first-order chi connectivity index (χ1) is 8.25. The molecule has 1 amide bonds. The van der Waals surface area contributed by atoms with Crippen molar-refractivity contribution in [1.29, 1.82) is 0 Å². The Morgan fingerprint density at radius 1 is 1.35 bits per heavy atom. The van der Waals surface area contributed by atoms with Crippen LogP contribution in [0.1, 0.15) is 12.8 Å². The first-order valence-corrected chi connectivity index (χ1v) is 6.42. The van der Waals surface area contributed by atoms with Crippen LogP contribution >= 0.6 is 11.8 Å². The summed E-state index contributed by atoms with van der Waals surface area (Å²) in [4.78, 5) is 32.6. The van der Waals surface area contributed by atoms with Crippen molar-refractivity contribution < 1.29 is 9.59 Å². The van der Waals surface area contributed by atoms with E-state index in [1.54, 1.807) is 23.5 Å². The molecule has 1 fully saturated rings. The number of nitrogens with zero attached hydrogens (tertiary/aromatic N) is 3. The number of likely N-dealkylation sites (tertiary alicyclic amines) is 1. The second-order valence-corrected chi connectivity index (χ2v) is 4.75. The zero-order valence-electron chi connectivity index (χ0n) is 9.33. The molecule has 1 aromatic heterocycles. The first kappa shape index (κ1) is 12.0. The van der Waals surface area contributed by atoms with Crippen LogP contribution in [-0.2, 0) is 9.59 Å². The third kappa shape index (κ3) is 3.52. The summed E-state index contributed by atoms with van der Waals surface area (Å²) in [5, 5.41) is 0.744. The molecule has 0 spiro atoms. The number of aromatic nitrogens is 2. The van der Waals surface area contributed by atoms with E-state index in [9.17, 15) is 9.59 Å². The van der Waals surface area contributed by atoms with Gasteiger partial charge in [-0.1, -0.05) is 11.8 Å². The number of ketones is 1. The lowest BCUT2D eigenvalue weighted by Crippen LogP contribution is -2.39. The highest BCUT2D eigenvalue weighted by Gasteiger charge is 2.20. The SMILES string of the molecule is O=C1CCN(C(=O)CSc2cnccn2)CC1. The van der Waals surface area contributed by atoms with Gasteiger partial charge in [0.25, 0.3) is 0 Å². The minimum atomic E-state index is 0.0631. The number of carbonyl (C=O) groups is 2. The summed E-state index contributed by atoms with van der Waals surface area (Å²) in [6, 6.07) is 0. The zero-order chi connectivity index (χ0) is 12.1. The maximum absolute atomic E-state index is 11.8. The molecule has 1 aromatic rings. The summed E-state index contributed by atoms with van der Waals surface area (Å²) >= 11 is 1.37. The maximum atomic E-state index is 11.8. The smallest absolute Gasteiger partial charge is 0.233 e. The standard InChI is InChI=1S/C11H13N3O2S/c15-9-1-5-14(6-2-9)11(16)8-17-10-7-12-3-4-13-10/h3-4,7H,1-2,5-6,8H2. The van der Waals surface area contributed by atoms with Gasteiger partial charge in [0.2, 0.25) is 5.91 Å².